The van der Waals surface area contributed by atoms with Crippen molar-refractivity contribution >= 4 is 5.91 Å². The largest absolute Gasteiger partial charge is 0.496 e. The summed E-state index contributed by atoms with van der Waals surface area (Å²) in [5.74, 6) is 1.91. The van der Waals surface area contributed by atoms with E-state index in [1.807, 2.05) is 30.3 Å². The number of ether oxygens (including phenoxy) is 2. The molecule has 2 atom stereocenters. The van der Waals surface area contributed by atoms with Crippen LogP contribution < -0.4 is 14.8 Å². The smallest absolute Gasteiger partial charge is 0.237 e. The molecular formula is C26H35N3O3. The van der Waals surface area contributed by atoms with Gasteiger partial charge in [-0.05, 0) is 62.2 Å². The lowest BCUT2D eigenvalue weighted by atomic mass is 10.0. The first-order chi connectivity index (χ1) is 15.6. The van der Waals surface area contributed by atoms with Crippen LogP contribution in [0.4, 0.5) is 0 Å². The third kappa shape index (κ3) is 5.25. The maximum absolute atomic E-state index is 12.6. The lowest BCUT2D eigenvalue weighted by Crippen LogP contribution is -2.50. The standard InChI is InChI=1S/C26H35N3O3/c1-19-15-20(9-10-25(19)31-3)17-28-13-11-21(12-14-28)29-18-23(16-24(29)26(30)27-2)32-22-7-5-4-6-8-22/h4-10,15,21,23-24H,11-14,16-18H2,1-3H3,(H,27,30)/t23-,24-/m0/s1. The summed E-state index contributed by atoms with van der Waals surface area (Å²) >= 11 is 0. The van der Waals surface area contributed by atoms with Gasteiger partial charge in [0.1, 0.15) is 17.6 Å². The Kier molecular flexibility index (Phi) is 7.33. The summed E-state index contributed by atoms with van der Waals surface area (Å²) < 4.78 is 11.6. The molecule has 6 heteroatoms. The summed E-state index contributed by atoms with van der Waals surface area (Å²) in [7, 11) is 3.44. The summed E-state index contributed by atoms with van der Waals surface area (Å²) in [5.41, 5.74) is 2.50. The Morgan fingerprint density at radius 2 is 1.88 bits per heavy atom. The molecule has 2 aliphatic rings. The van der Waals surface area contributed by atoms with Crippen LogP contribution in [-0.2, 0) is 11.3 Å². The number of nitrogens with one attached hydrogen (secondary N) is 1. The molecule has 1 N–H and O–H groups in total. The van der Waals surface area contributed by atoms with Crippen LogP contribution in [0.15, 0.2) is 48.5 Å². The highest BCUT2D eigenvalue weighted by Crippen LogP contribution is 2.29. The lowest BCUT2D eigenvalue weighted by molar-refractivity contribution is -0.126. The van der Waals surface area contributed by atoms with Crippen molar-refractivity contribution in [2.45, 2.75) is 50.9 Å². The normalized spacial score (nSPS) is 22.6. The van der Waals surface area contributed by atoms with Crippen molar-refractivity contribution in [1.29, 1.82) is 0 Å². The Labute approximate surface area is 191 Å². The molecule has 0 spiro atoms. The number of likely N-dealkylation sites (tertiary alicyclic amines) is 2. The van der Waals surface area contributed by atoms with Gasteiger partial charge in [-0.2, -0.15) is 0 Å². The summed E-state index contributed by atoms with van der Waals surface area (Å²) in [6.45, 7) is 5.92. The van der Waals surface area contributed by atoms with Crippen LogP contribution in [0, 0.1) is 6.92 Å². The Bertz CT molecular complexity index is 896. The topological polar surface area (TPSA) is 54.0 Å². The predicted molar refractivity (Wildman–Crippen MR) is 126 cm³/mol. The maximum Gasteiger partial charge on any atom is 0.237 e. The van der Waals surface area contributed by atoms with Gasteiger partial charge in [0.05, 0.1) is 13.2 Å². The fourth-order valence-corrected chi connectivity index (χ4v) is 5.13. The SMILES string of the molecule is CNC(=O)[C@@H]1C[C@H](Oc2ccccc2)CN1C1CCN(Cc2ccc(OC)c(C)c2)CC1. The van der Waals surface area contributed by atoms with Crippen molar-refractivity contribution in [3.05, 3.63) is 59.7 Å². The summed E-state index contributed by atoms with van der Waals surface area (Å²) in [6.07, 6.45) is 2.92. The van der Waals surface area contributed by atoms with Crippen molar-refractivity contribution < 1.29 is 14.3 Å². The Morgan fingerprint density at radius 1 is 1.12 bits per heavy atom. The fraction of sp³-hybridized carbons (Fsp3) is 0.500. The molecule has 0 aromatic heterocycles. The van der Waals surface area contributed by atoms with Crippen LogP contribution in [-0.4, -0.2) is 67.7 Å². The molecule has 172 valence electrons. The third-order valence-corrected chi connectivity index (χ3v) is 6.79. The van der Waals surface area contributed by atoms with Gasteiger partial charge < -0.3 is 14.8 Å². The highest BCUT2D eigenvalue weighted by atomic mass is 16.5. The minimum absolute atomic E-state index is 0.0417. The molecule has 0 bridgehead atoms. The van der Waals surface area contributed by atoms with Gasteiger partial charge in [0.25, 0.3) is 0 Å². The maximum atomic E-state index is 12.6. The molecule has 0 aliphatic carbocycles. The summed E-state index contributed by atoms with van der Waals surface area (Å²) in [6, 6.07) is 16.7. The lowest BCUT2D eigenvalue weighted by Gasteiger charge is -2.38. The minimum Gasteiger partial charge on any atom is -0.496 e. The monoisotopic (exact) mass is 437 g/mol. The molecule has 2 aliphatic heterocycles. The average Bonchev–Trinajstić information content (AvgIpc) is 3.23. The van der Waals surface area contributed by atoms with Crippen molar-refractivity contribution in [3.63, 3.8) is 0 Å². The number of carbonyl (C=O) groups is 1. The van der Waals surface area contributed by atoms with Gasteiger partial charge in [-0.25, -0.2) is 0 Å². The zero-order valence-corrected chi connectivity index (χ0v) is 19.4. The number of hydrogen-bond acceptors (Lipinski definition) is 5. The molecule has 4 rings (SSSR count). The predicted octanol–water partition coefficient (Wildman–Crippen LogP) is 3.24. The number of carbonyl (C=O) groups excluding carboxylic acids is 1. The van der Waals surface area contributed by atoms with Crippen LogP contribution in [0.3, 0.4) is 0 Å². The average molecular weight is 438 g/mol. The molecule has 6 nitrogen and oxygen atoms in total. The molecule has 0 unspecified atom stereocenters. The second-order valence-electron chi connectivity index (χ2n) is 8.93. The van der Waals surface area contributed by atoms with E-state index in [-0.39, 0.29) is 18.1 Å². The van der Waals surface area contributed by atoms with E-state index in [0.29, 0.717) is 6.04 Å². The molecule has 2 saturated heterocycles. The van der Waals surface area contributed by atoms with Gasteiger partial charge in [-0.15, -0.1) is 0 Å². The van der Waals surface area contributed by atoms with Crippen molar-refractivity contribution in [1.82, 2.24) is 15.1 Å². The Hall–Kier alpha value is -2.57. The van der Waals surface area contributed by atoms with Crippen molar-refractivity contribution in [3.8, 4) is 11.5 Å². The molecule has 1 amide bonds. The number of rotatable bonds is 7. The quantitative estimate of drug-likeness (QED) is 0.721. The first-order valence-corrected chi connectivity index (χ1v) is 11.6. The number of piperidine rings is 1. The third-order valence-electron chi connectivity index (χ3n) is 6.79. The number of hydrogen-bond donors (Lipinski definition) is 1. The van der Waals surface area contributed by atoms with Gasteiger partial charge in [0.2, 0.25) is 5.91 Å². The second kappa shape index (κ2) is 10.4. The Balaban J connectivity index is 1.35. The Morgan fingerprint density at radius 3 is 2.53 bits per heavy atom. The van der Waals surface area contributed by atoms with E-state index in [1.54, 1.807) is 14.2 Å². The van der Waals surface area contributed by atoms with Gasteiger partial charge in [-0.3, -0.25) is 14.6 Å². The molecule has 0 saturated carbocycles. The van der Waals surface area contributed by atoms with Gasteiger partial charge in [-0.1, -0.05) is 30.3 Å². The van der Waals surface area contributed by atoms with Crippen LogP contribution in [0.25, 0.3) is 0 Å². The highest BCUT2D eigenvalue weighted by molar-refractivity contribution is 5.82. The zero-order valence-electron chi connectivity index (χ0n) is 19.4. The van der Waals surface area contributed by atoms with Crippen LogP contribution >= 0.6 is 0 Å². The van der Waals surface area contributed by atoms with E-state index in [0.717, 1.165) is 56.9 Å². The van der Waals surface area contributed by atoms with E-state index in [1.165, 1.54) is 11.1 Å². The van der Waals surface area contributed by atoms with Gasteiger partial charge in [0.15, 0.2) is 0 Å². The van der Waals surface area contributed by atoms with Crippen LogP contribution in [0.2, 0.25) is 0 Å². The van der Waals surface area contributed by atoms with E-state index in [2.05, 4.69) is 40.2 Å². The zero-order chi connectivity index (χ0) is 22.5. The number of likely N-dealkylation sites (N-methyl/N-ethyl adjacent to an activating group) is 1. The van der Waals surface area contributed by atoms with Crippen molar-refractivity contribution in [2.24, 2.45) is 0 Å². The first-order valence-electron chi connectivity index (χ1n) is 11.6. The summed E-state index contributed by atoms with van der Waals surface area (Å²) in [4.78, 5) is 17.5. The van der Waals surface area contributed by atoms with E-state index in [4.69, 9.17) is 9.47 Å². The number of amides is 1. The highest BCUT2D eigenvalue weighted by Gasteiger charge is 2.41. The van der Waals surface area contributed by atoms with Crippen LogP contribution in [0.1, 0.15) is 30.4 Å². The molecular weight excluding hydrogens is 402 g/mol. The second-order valence-corrected chi connectivity index (χ2v) is 8.93. The molecule has 2 heterocycles. The fourth-order valence-electron chi connectivity index (χ4n) is 5.13. The number of methoxy groups -OCH3 is 1. The van der Waals surface area contributed by atoms with E-state index in [9.17, 15) is 4.79 Å². The van der Waals surface area contributed by atoms with Crippen LogP contribution in [0.5, 0.6) is 11.5 Å². The molecule has 2 fully saturated rings. The number of para-hydroxylation sites is 1. The minimum atomic E-state index is -0.116. The van der Waals surface area contributed by atoms with Gasteiger partial charge >= 0.3 is 0 Å². The summed E-state index contributed by atoms with van der Waals surface area (Å²) in [5, 5.41) is 2.86. The molecule has 2 aromatic carbocycles. The molecule has 0 radical (unpaired) electrons. The number of aryl methyl sites for hydroxylation is 1. The molecule has 32 heavy (non-hydrogen) atoms. The number of benzene rings is 2. The van der Waals surface area contributed by atoms with E-state index < -0.39 is 0 Å². The van der Waals surface area contributed by atoms with Crippen molar-refractivity contribution in [2.75, 3.05) is 33.8 Å². The molecule has 2 aromatic rings. The van der Waals surface area contributed by atoms with E-state index >= 15 is 0 Å². The first kappa shape index (κ1) is 22.6. The number of nitrogens with zero attached hydrogens (tertiary/aromatic N) is 2. The van der Waals surface area contributed by atoms with Gasteiger partial charge in [0, 0.05) is 32.6 Å².